The molecular formula is C19H19N3O3. The van der Waals surface area contributed by atoms with E-state index in [0.717, 1.165) is 36.3 Å². The van der Waals surface area contributed by atoms with Crippen LogP contribution in [0.4, 0.5) is 0 Å². The topological polar surface area (TPSA) is 72.4 Å². The molecule has 3 heterocycles. The highest BCUT2D eigenvalue weighted by molar-refractivity contribution is 5.92. The van der Waals surface area contributed by atoms with Crippen LogP contribution < -0.4 is 0 Å². The highest BCUT2D eigenvalue weighted by atomic mass is 16.5. The van der Waals surface area contributed by atoms with E-state index >= 15 is 0 Å². The number of benzene rings is 1. The molecule has 0 saturated carbocycles. The molecule has 25 heavy (non-hydrogen) atoms. The first-order valence-electron chi connectivity index (χ1n) is 8.55. The quantitative estimate of drug-likeness (QED) is 0.722. The normalized spacial score (nSPS) is 17.2. The zero-order valence-corrected chi connectivity index (χ0v) is 14.0. The molecule has 1 amide bonds. The molecule has 6 heteroatoms. The van der Waals surface area contributed by atoms with Gasteiger partial charge in [0.05, 0.1) is 11.7 Å². The first-order chi connectivity index (χ1) is 12.3. The minimum absolute atomic E-state index is 0.0921. The van der Waals surface area contributed by atoms with E-state index < -0.39 is 0 Å². The van der Waals surface area contributed by atoms with Gasteiger partial charge in [-0.25, -0.2) is 0 Å². The monoisotopic (exact) mass is 337 g/mol. The van der Waals surface area contributed by atoms with Gasteiger partial charge in [0.2, 0.25) is 5.76 Å². The van der Waals surface area contributed by atoms with Gasteiger partial charge in [-0.1, -0.05) is 47.6 Å². The molecule has 0 unspecified atom stereocenters. The average molecular weight is 337 g/mol. The third-order valence-corrected chi connectivity index (χ3v) is 4.57. The van der Waals surface area contributed by atoms with Crippen LogP contribution in [0.25, 0.3) is 11.3 Å². The second-order valence-electron chi connectivity index (χ2n) is 6.17. The Balaban J connectivity index is 1.57. The Morgan fingerprint density at radius 2 is 2.04 bits per heavy atom. The number of hydrogen-bond donors (Lipinski definition) is 0. The van der Waals surface area contributed by atoms with Gasteiger partial charge in [-0.2, -0.15) is 0 Å². The number of rotatable bonds is 4. The lowest BCUT2D eigenvalue weighted by molar-refractivity contribution is 0.0672. The molecule has 0 spiro atoms. The predicted molar refractivity (Wildman–Crippen MR) is 90.8 cm³/mol. The highest BCUT2D eigenvalue weighted by Gasteiger charge is 2.35. The molecule has 0 N–H and O–H groups in total. The summed E-state index contributed by atoms with van der Waals surface area (Å²) in [6.45, 7) is 2.70. The van der Waals surface area contributed by atoms with Crippen LogP contribution in [0.1, 0.15) is 47.8 Å². The lowest BCUT2D eigenvalue weighted by atomic mass is 10.1. The molecule has 128 valence electrons. The zero-order chi connectivity index (χ0) is 17.2. The summed E-state index contributed by atoms with van der Waals surface area (Å²) in [7, 11) is 0. The number of aromatic nitrogens is 2. The van der Waals surface area contributed by atoms with E-state index in [0.29, 0.717) is 12.2 Å². The van der Waals surface area contributed by atoms with Crippen molar-refractivity contribution in [1.82, 2.24) is 15.2 Å². The molecule has 1 atom stereocenters. The summed E-state index contributed by atoms with van der Waals surface area (Å²) in [6.07, 6.45) is 2.61. The van der Waals surface area contributed by atoms with Crippen molar-refractivity contribution < 1.29 is 13.8 Å². The van der Waals surface area contributed by atoms with E-state index in [2.05, 4.69) is 10.3 Å². The van der Waals surface area contributed by atoms with E-state index in [9.17, 15) is 4.79 Å². The zero-order valence-electron chi connectivity index (χ0n) is 14.0. The van der Waals surface area contributed by atoms with Crippen LogP contribution in [0, 0.1) is 0 Å². The van der Waals surface area contributed by atoms with Crippen molar-refractivity contribution in [3.05, 3.63) is 59.7 Å². The van der Waals surface area contributed by atoms with E-state index in [-0.39, 0.29) is 17.7 Å². The van der Waals surface area contributed by atoms with Gasteiger partial charge in [-0.3, -0.25) is 4.79 Å². The van der Waals surface area contributed by atoms with Crippen LogP contribution in [0.2, 0.25) is 0 Å². The van der Waals surface area contributed by atoms with E-state index in [1.807, 2.05) is 43.3 Å². The fourth-order valence-corrected chi connectivity index (χ4v) is 3.22. The number of carbonyl (C=O) groups excluding carboxylic acids is 1. The molecular weight excluding hydrogens is 318 g/mol. The molecule has 0 aliphatic carbocycles. The third kappa shape index (κ3) is 2.95. The number of amides is 1. The highest BCUT2D eigenvalue weighted by Crippen LogP contribution is 2.34. The number of likely N-dealkylation sites (tertiary alicyclic amines) is 1. The predicted octanol–water partition coefficient (Wildman–Crippen LogP) is 3.87. The molecule has 1 saturated heterocycles. The number of nitrogens with zero attached hydrogens (tertiary/aromatic N) is 3. The van der Waals surface area contributed by atoms with Gasteiger partial charge in [0, 0.05) is 24.2 Å². The van der Waals surface area contributed by atoms with Crippen molar-refractivity contribution in [3.8, 4) is 11.3 Å². The molecule has 1 aliphatic rings. The van der Waals surface area contributed by atoms with Crippen molar-refractivity contribution in [2.45, 2.75) is 32.2 Å². The SMILES string of the molecule is CCc1cc([C@H]2CCCN2C(=O)c2cc(-c3ccccc3)no2)on1. The van der Waals surface area contributed by atoms with Crippen LogP contribution in [0.15, 0.2) is 51.5 Å². The van der Waals surface area contributed by atoms with E-state index in [4.69, 9.17) is 9.05 Å². The summed E-state index contributed by atoms with van der Waals surface area (Å²) in [5.74, 6) is 0.832. The summed E-state index contributed by atoms with van der Waals surface area (Å²) in [6, 6.07) is 13.2. The molecule has 4 rings (SSSR count). The maximum absolute atomic E-state index is 12.9. The smallest absolute Gasteiger partial charge is 0.293 e. The summed E-state index contributed by atoms with van der Waals surface area (Å²) in [5, 5.41) is 8.08. The van der Waals surface area contributed by atoms with Gasteiger partial charge < -0.3 is 13.9 Å². The first-order valence-corrected chi connectivity index (χ1v) is 8.55. The van der Waals surface area contributed by atoms with Gasteiger partial charge in [0.15, 0.2) is 5.76 Å². The first kappa shape index (κ1) is 15.6. The number of carbonyl (C=O) groups is 1. The summed E-state index contributed by atoms with van der Waals surface area (Å²) >= 11 is 0. The third-order valence-electron chi connectivity index (χ3n) is 4.57. The molecule has 0 bridgehead atoms. The summed E-state index contributed by atoms with van der Waals surface area (Å²) < 4.78 is 10.8. The Bertz CT molecular complexity index is 869. The van der Waals surface area contributed by atoms with Crippen molar-refractivity contribution >= 4 is 5.91 Å². The molecule has 6 nitrogen and oxygen atoms in total. The standard InChI is InChI=1S/C19H19N3O3/c1-2-14-11-17(24-20-14)16-9-6-10-22(16)19(23)18-12-15(21-25-18)13-7-4-3-5-8-13/h3-5,7-8,11-12,16H,2,6,9-10H2,1H3/t16-/m1/s1. The maximum atomic E-state index is 12.9. The Morgan fingerprint density at radius 3 is 2.80 bits per heavy atom. The Kier molecular flexibility index (Phi) is 4.09. The minimum atomic E-state index is -0.161. The lowest BCUT2D eigenvalue weighted by Gasteiger charge is -2.20. The fraction of sp³-hybridized carbons (Fsp3) is 0.316. The van der Waals surface area contributed by atoms with Crippen molar-refractivity contribution in [1.29, 1.82) is 0 Å². The van der Waals surface area contributed by atoms with Crippen LogP contribution >= 0.6 is 0 Å². The Morgan fingerprint density at radius 1 is 1.20 bits per heavy atom. The molecule has 0 radical (unpaired) electrons. The number of aryl methyl sites for hydroxylation is 1. The van der Waals surface area contributed by atoms with Crippen molar-refractivity contribution in [2.24, 2.45) is 0 Å². The lowest BCUT2D eigenvalue weighted by Crippen LogP contribution is -2.30. The number of hydrogen-bond acceptors (Lipinski definition) is 5. The van der Waals surface area contributed by atoms with Crippen molar-refractivity contribution in [3.63, 3.8) is 0 Å². The molecule has 3 aromatic rings. The van der Waals surface area contributed by atoms with Crippen LogP contribution in [-0.4, -0.2) is 27.7 Å². The molecule has 1 fully saturated rings. The average Bonchev–Trinajstić information content (AvgIpc) is 3.41. The minimum Gasteiger partial charge on any atom is -0.359 e. The fourth-order valence-electron chi connectivity index (χ4n) is 3.22. The van der Waals surface area contributed by atoms with Crippen LogP contribution in [0.5, 0.6) is 0 Å². The molecule has 1 aromatic carbocycles. The largest absolute Gasteiger partial charge is 0.359 e. The van der Waals surface area contributed by atoms with Gasteiger partial charge >= 0.3 is 0 Å². The molecule has 2 aromatic heterocycles. The van der Waals surface area contributed by atoms with Gasteiger partial charge in [0.25, 0.3) is 5.91 Å². The van der Waals surface area contributed by atoms with Crippen LogP contribution in [-0.2, 0) is 6.42 Å². The van der Waals surface area contributed by atoms with Crippen LogP contribution in [0.3, 0.4) is 0 Å². The second kappa shape index (κ2) is 6.55. The Labute approximate surface area is 145 Å². The van der Waals surface area contributed by atoms with E-state index in [1.165, 1.54) is 0 Å². The summed E-state index contributed by atoms with van der Waals surface area (Å²) in [4.78, 5) is 14.7. The maximum Gasteiger partial charge on any atom is 0.293 e. The van der Waals surface area contributed by atoms with E-state index in [1.54, 1.807) is 11.0 Å². The second-order valence-corrected chi connectivity index (χ2v) is 6.17. The molecule has 1 aliphatic heterocycles. The Hall–Kier alpha value is -2.89. The van der Waals surface area contributed by atoms with Crippen molar-refractivity contribution in [2.75, 3.05) is 6.54 Å². The summed E-state index contributed by atoms with van der Waals surface area (Å²) in [5.41, 5.74) is 2.49. The van der Waals surface area contributed by atoms with Gasteiger partial charge in [0.1, 0.15) is 5.69 Å². The van der Waals surface area contributed by atoms with Gasteiger partial charge in [-0.15, -0.1) is 0 Å². The van der Waals surface area contributed by atoms with Gasteiger partial charge in [-0.05, 0) is 19.3 Å².